The molecule has 0 saturated heterocycles. The molecule has 1 heterocycles. The monoisotopic (exact) mass is 465 g/mol. The van der Waals surface area contributed by atoms with E-state index in [2.05, 4.69) is 34.3 Å². The highest BCUT2D eigenvalue weighted by molar-refractivity contribution is 7.89. The van der Waals surface area contributed by atoms with E-state index in [9.17, 15) is 13.2 Å². The first-order chi connectivity index (χ1) is 16.0. The van der Waals surface area contributed by atoms with E-state index in [1.807, 2.05) is 0 Å². The quantitative estimate of drug-likeness (QED) is 0.704. The number of carbonyl (C=O) groups is 1. The van der Waals surface area contributed by atoms with E-state index >= 15 is 0 Å². The van der Waals surface area contributed by atoms with Crippen molar-refractivity contribution in [3.63, 3.8) is 0 Å². The summed E-state index contributed by atoms with van der Waals surface area (Å²) in [6.45, 7) is 0.418. The van der Waals surface area contributed by atoms with Gasteiger partial charge in [0.15, 0.2) is 0 Å². The minimum atomic E-state index is -3.48. The second-order valence-electron chi connectivity index (χ2n) is 9.56. The third kappa shape index (κ3) is 4.89. The normalized spacial score (nSPS) is 26.7. The Hall–Kier alpha value is -2.51. The molecule has 0 bridgehead atoms. The van der Waals surface area contributed by atoms with Gasteiger partial charge in [0.1, 0.15) is 5.84 Å². The Kier molecular flexibility index (Phi) is 6.34. The lowest BCUT2D eigenvalue weighted by atomic mass is 9.79. The molecule has 3 aliphatic rings. The Bertz CT molecular complexity index is 1140. The molecular weight excluding hydrogens is 434 g/mol. The van der Waals surface area contributed by atoms with Gasteiger partial charge in [0.25, 0.3) is 0 Å². The van der Waals surface area contributed by atoms with Crippen molar-refractivity contribution >= 4 is 21.8 Å². The topological polar surface area (TPSA) is 87.6 Å². The number of fused-ring (bicyclic) bond motifs is 3. The molecule has 1 fully saturated rings. The predicted molar refractivity (Wildman–Crippen MR) is 129 cm³/mol. The Balaban J connectivity index is 1.10. The summed E-state index contributed by atoms with van der Waals surface area (Å²) in [6.07, 6.45) is 6.18. The first-order valence-corrected chi connectivity index (χ1v) is 13.5. The molecule has 1 amide bonds. The van der Waals surface area contributed by atoms with Crippen molar-refractivity contribution in [1.29, 1.82) is 0 Å². The molecular formula is C26H31N3O3S. The minimum absolute atomic E-state index is 0.0235. The van der Waals surface area contributed by atoms with Crippen LogP contribution in [-0.2, 0) is 21.2 Å². The molecule has 7 heteroatoms. The van der Waals surface area contributed by atoms with Gasteiger partial charge in [0, 0.05) is 24.8 Å². The van der Waals surface area contributed by atoms with Crippen molar-refractivity contribution in [2.24, 2.45) is 16.8 Å². The van der Waals surface area contributed by atoms with Crippen molar-refractivity contribution in [3.8, 4) is 0 Å². The lowest BCUT2D eigenvalue weighted by molar-refractivity contribution is -0.124. The first-order valence-electron chi connectivity index (χ1n) is 12.0. The zero-order valence-corrected chi connectivity index (χ0v) is 19.6. The van der Waals surface area contributed by atoms with Crippen LogP contribution in [0.15, 0.2) is 64.5 Å². The van der Waals surface area contributed by atoms with Crippen molar-refractivity contribution in [2.75, 3.05) is 6.54 Å². The average molecular weight is 466 g/mol. The second kappa shape index (κ2) is 9.39. The van der Waals surface area contributed by atoms with Gasteiger partial charge in [-0.2, -0.15) is 0 Å². The van der Waals surface area contributed by atoms with E-state index in [-0.39, 0.29) is 23.8 Å². The van der Waals surface area contributed by atoms with Gasteiger partial charge in [-0.1, -0.05) is 42.5 Å². The summed E-state index contributed by atoms with van der Waals surface area (Å²) < 4.78 is 27.6. The number of benzene rings is 2. The number of amides is 1. The number of rotatable bonds is 5. The number of aryl methyl sites for hydroxylation is 1. The zero-order chi connectivity index (χ0) is 22.8. The number of hydrogen-bond acceptors (Lipinski definition) is 4. The Labute approximate surface area is 195 Å². The van der Waals surface area contributed by atoms with Crippen molar-refractivity contribution in [3.05, 3.63) is 65.7 Å². The van der Waals surface area contributed by atoms with Crippen LogP contribution in [0.4, 0.5) is 0 Å². The molecule has 0 unspecified atom stereocenters. The number of carbonyl (C=O) groups excluding carboxylic acids is 1. The maximum absolute atomic E-state index is 12.9. The highest BCUT2D eigenvalue weighted by Crippen LogP contribution is 2.39. The number of sulfonamides is 1. The van der Waals surface area contributed by atoms with Crippen LogP contribution in [-0.4, -0.2) is 32.7 Å². The van der Waals surface area contributed by atoms with Gasteiger partial charge in [-0.05, 0) is 67.7 Å². The van der Waals surface area contributed by atoms with Gasteiger partial charge >= 0.3 is 0 Å². The fraction of sp³-hybridized carbons (Fsp3) is 0.462. The molecule has 2 aromatic rings. The van der Waals surface area contributed by atoms with E-state index < -0.39 is 10.0 Å². The first kappa shape index (κ1) is 22.3. The van der Waals surface area contributed by atoms with Crippen LogP contribution in [0, 0.1) is 11.8 Å². The molecule has 1 saturated carbocycles. The molecule has 2 N–H and O–H groups in total. The summed E-state index contributed by atoms with van der Waals surface area (Å²) in [6, 6.07) is 17.3. The minimum Gasteiger partial charge on any atom is -0.314 e. The van der Waals surface area contributed by atoms with Crippen LogP contribution in [0.2, 0.25) is 0 Å². The summed E-state index contributed by atoms with van der Waals surface area (Å²) in [5.74, 6) is 1.53. The van der Waals surface area contributed by atoms with Crippen LogP contribution < -0.4 is 10.0 Å². The molecule has 33 heavy (non-hydrogen) atoms. The van der Waals surface area contributed by atoms with Crippen molar-refractivity contribution < 1.29 is 13.2 Å². The number of hydrogen-bond donors (Lipinski definition) is 2. The molecule has 6 nitrogen and oxygen atoms in total. The highest BCUT2D eigenvalue weighted by atomic mass is 32.2. The van der Waals surface area contributed by atoms with Gasteiger partial charge in [-0.15, -0.1) is 0 Å². The third-order valence-corrected chi connectivity index (χ3v) is 8.90. The molecule has 0 spiro atoms. The van der Waals surface area contributed by atoms with E-state index in [0.29, 0.717) is 17.4 Å². The summed E-state index contributed by atoms with van der Waals surface area (Å²) in [7, 11) is -3.48. The summed E-state index contributed by atoms with van der Waals surface area (Å²) >= 11 is 0. The smallest absolute Gasteiger partial charge is 0.240 e. The molecule has 2 aromatic carbocycles. The van der Waals surface area contributed by atoms with Crippen molar-refractivity contribution in [1.82, 2.24) is 10.0 Å². The molecule has 5 rings (SSSR count). The van der Waals surface area contributed by atoms with E-state index in [1.54, 1.807) is 30.3 Å². The van der Waals surface area contributed by atoms with Crippen LogP contribution in [0.1, 0.15) is 55.6 Å². The van der Waals surface area contributed by atoms with Gasteiger partial charge < -0.3 is 5.32 Å². The Morgan fingerprint density at radius 3 is 2.45 bits per heavy atom. The van der Waals surface area contributed by atoms with Crippen molar-refractivity contribution in [2.45, 2.75) is 61.8 Å². The van der Waals surface area contributed by atoms with E-state index in [0.717, 1.165) is 50.8 Å². The van der Waals surface area contributed by atoms with Gasteiger partial charge in [0.2, 0.25) is 15.9 Å². The van der Waals surface area contributed by atoms with Gasteiger partial charge in [0.05, 0.1) is 10.9 Å². The maximum Gasteiger partial charge on any atom is 0.240 e. The SMILES string of the molecule is O=C(NC1=N[C@H]2CCc3ccccc3[C@H]2C1)C1CCC(CNS(=O)(=O)c2ccccc2)CC1. The summed E-state index contributed by atoms with van der Waals surface area (Å²) in [5.41, 5.74) is 2.81. The van der Waals surface area contributed by atoms with E-state index in [1.165, 1.54) is 11.1 Å². The molecule has 0 radical (unpaired) electrons. The van der Waals surface area contributed by atoms with Crippen LogP contribution in [0.5, 0.6) is 0 Å². The van der Waals surface area contributed by atoms with Crippen LogP contribution in [0.25, 0.3) is 0 Å². The second-order valence-corrected chi connectivity index (χ2v) is 11.3. The van der Waals surface area contributed by atoms with Gasteiger partial charge in [-0.3, -0.25) is 9.79 Å². The molecule has 1 aliphatic heterocycles. The number of nitrogens with zero attached hydrogens (tertiary/aromatic N) is 1. The largest absolute Gasteiger partial charge is 0.314 e. The Morgan fingerprint density at radius 2 is 1.67 bits per heavy atom. The lowest BCUT2D eigenvalue weighted by Gasteiger charge is -2.28. The standard InChI is InChI=1S/C26H31N3O3S/c30-26(29-25-16-23-22-9-5-4-6-19(22)14-15-24(23)28-25)20-12-10-18(11-13-20)17-27-33(31,32)21-7-2-1-3-8-21/h1-9,18,20,23-24,27H,10-17H2,(H,28,29,30)/t18?,20?,23-,24+/m1/s1. The Morgan fingerprint density at radius 1 is 0.939 bits per heavy atom. The molecule has 174 valence electrons. The van der Waals surface area contributed by atoms with Crippen LogP contribution >= 0.6 is 0 Å². The lowest BCUT2D eigenvalue weighted by Crippen LogP contribution is -2.38. The highest BCUT2D eigenvalue weighted by Gasteiger charge is 2.36. The number of aliphatic imine (C=N–C) groups is 1. The number of amidine groups is 1. The number of nitrogens with one attached hydrogen (secondary N) is 2. The van der Waals surface area contributed by atoms with Crippen LogP contribution in [0.3, 0.4) is 0 Å². The van der Waals surface area contributed by atoms with Gasteiger partial charge in [-0.25, -0.2) is 13.1 Å². The van der Waals surface area contributed by atoms with E-state index in [4.69, 9.17) is 4.99 Å². The molecule has 2 atom stereocenters. The summed E-state index contributed by atoms with van der Waals surface area (Å²) in [4.78, 5) is 18.1. The predicted octanol–water partition coefficient (Wildman–Crippen LogP) is 3.79. The maximum atomic E-state index is 12.9. The molecule has 2 aliphatic carbocycles. The summed E-state index contributed by atoms with van der Waals surface area (Å²) in [5, 5.41) is 3.13. The fourth-order valence-electron chi connectivity index (χ4n) is 5.56. The zero-order valence-electron chi connectivity index (χ0n) is 18.7. The average Bonchev–Trinajstić information content (AvgIpc) is 3.27. The molecule has 0 aromatic heterocycles. The fourth-order valence-corrected chi connectivity index (χ4v) is 6.70. The third-order valence-electron chi connectivity index (χ3n) is 7.46.